The number of nitrogens with zero attached hydrogens (tertiary/aromatic N) is 1. The lowest BCUT2D eigenvalue weighted by Crippen LogP contribution is -2.26. The van der Waals surface area contributed by atoms with Crippen molar-refractivity contribution in [1.29, 1.82) is 0 Å². The maximum Gasteiger partial charge on any atom is 0.251 e. The van der Waals surface area contributed by atoms with Crippen molar-refractivity contribution in [2.24, 2.45) is 0 Å². The number of ether oxygens (including phenoxy) is 1. The number of methoxy groups -OCH3 is 1. The second-order valence-corrected chi connectivity index (χ2v) is 7.26. The van der Waals surface area contributed by atoms with E-state index in [2.05, 4.69) is 5.32 Å². The molecule has 1 N–H and O–H groups in total. The van der Waals surface area contributed by atoms with Crippen LogP contribution in [0.15, 0.2) is 53.4 Å². The van der Waals surface area contributed by atoms with Crippen LogP contribution in [0, 0.1) is 0 Å². The topological polar surface area (TPSA) is 75.7 Å². The largest absolute Gasteiger partial charge is 0.497 e. The van der Waals surface area contributed by atoms with E-state index in [1.807, 2.05) is 0 Å². The standard InChI is InChI=1S/C17H20N2O4S/c1-18-17(20)14-6-4-13(5-7-14)12-19(2)24(21,22)16-10-8-15(23-3)9-11-16/h4-11H,12H2,1-3H3,(H,18,20). The lowest BCUT2D eigenvalue weighted by molar-refractivity contribution is 0.0963. The number of nitrogens with one attached hydrogen (secondary N) is 1. The first-order valence-electron chi connectivity index (χ1n) is 7.30. The third kappa shape index (κ3) is 3.93. The van der Waals surface area contributed by atoms with Gasteiger partial charge in [0.1, 0.15) is 5.75 Å². The molecule has 2 rings (SSSR count). The average molecular weight is 348 g/mol. The van der Waals surface area contributed by atoms with E-state index < -0.39 is 10.0 Å². The van der Waals surface area contributed by atoms with Crippen molar-refractivity contribution in [2.75, 3.05) is 21.2 Å². The van der Waals surface area contributed by atoms with Crippen LogP contribution in [-0.2, 0) is 16.6 Å². The second kappa shape index (κ2) is 7.46. The molecular weight excluding hydrogens is 328 g/mol. The van der Waals surface area contributed by atoms with Crippen LogP contribution in [0.3, 0.4) is 0 Å². The molecule has 7 heteroatoms. The van der Waals surface area contributed by atoms with Crippen LogP contribution in [0.2, 0.25) is 0 Å². The summed E-state index contributed by atoms with van der Waals surface area (Å²) >= 11 is 0. The summed E-state index contributed by atoms with van der Waals surface area (Å²) in [4.78, 5) is 11.7. The minimum atomic E-state index is -3.59. The van der Waals surface area contributed by atoms with Gasteiger partial charge in [-0.05, 0) is 42.0 Å². The molecule has 24 heavy (non-hydrogen) atoms. The summed E-state index contributed by atoms with van der Waals surface area (Å²) in [6.45, 7) is 0.211. The first kappa shape index (κ1) is 18.0. The molecule has 0 spiro atoms. The Morgan fingerprint density at radius 1 is 1.08 bits per heavy atom. The molecule has 0 saturated heterocycles. The SMILES string of the molecule is CNC(=O)c1ccc(CN(C)S(=O)(=O)c2ccc(OC)cc2)cc1. The summed E-state index contributed by atoms with van der Waals surface area (Å²) in [6, 6.07) is 13.1. The molecule has 0 radical (unpaired) electrons. The van der Waals surface area contributed by atoms with Crippen molar-refractivity contribution in [3.8, 4) is 5.75 Å². The number of benzene rings is 2. The first-order chi connectivity index (χ1) is 11.4. The van der Waals surface area contributed by atoms with E-state index >= 15 is 0 Å². The van der Waals surface area contributed by atoms with Crippen molar-refractivity contribution < 1.29 is 17.9 Å². The molecule has 0 heterocycles. The van der Waals surface area contributed by atoms with Gasteiger partial charge in [0, 0.05) is 26.2 Å². The van der Waals surface area contributed by atoms with E-state index in [-0.39, 0.29) is 17.3 Å². The molecule has 2 aromatic rings. The Morgan fingerprint density at radius 2 is 1.67 bits per heavy atom. The van der Waals surface area contributed by atoms with Crippen LogP contribution in [0.1, 0.15) is 15.9 Å². The minimum absolute atomic E-state index is 0.180. The fourth-order valence-corrected chi connectivity index (χ4v) is 3.33. The fraction of sp³-hybridized carbons (Fsp3) is 0.235. The number of hydrogen-bond donors (Lipinski definition) is 1. The van der Waals surface area contributed by atoms with E-state index in [0.29, 0.717) is 11.3 Å². The maximum atomic E-state index is 12.6. The van der Waals surface area contributed by atoms with Crippen LogP contribution in [0.25, 0.3) is 0 Å². The lowest BCUT2D eigenvalue weighted by atomic mass is 10.1. The number of sulfonamides is 1. The van der Waals surface area contributed by atoms with Crippen LogP contribution >= 0.6 is 0 Å². The summed E-state index contributed by atoms with van der Waals surface area (Å²) in [5, 5.41) is 2.54. The number of amides is 1. The highest BCUT2D eigenvalue weighted by Gasteiger charge is 2.21. The van der Waals surface area contributed by atoms with E-state index in [0.717, 1.165) is 5.56 Å². The molecule has 0 saturated carbocycles. The van der Waals surface area contributed by atoms with Crippen molar-refractivity contribution in [3.05, 3.63) is 59.7 Å². The van der Waals surface area contributed by atoms with Crippen LogP contribution < -0.4 is 10.1 Å². The van der Waals surface area contributed by atoms with Gasteiger partial charge < -0.3 is 10.1 Å². The monoisotopic (exact) mass is 348 g/mol. The molecule has 0 fully saturated rings. The maximum absolute atomic E-state index is 12.6. The quantitative estimate of drug-likeness (QED) is 0.865. The van der Waals surface area contributed by atoms with Crippen LogP contribution in [0.4, 0.5) is 0 Å². The normalized spacial score (nSPS) is 11.3. The van der Waals surface area contributed by atoms with Gasteiger partial charge in [-0.25, -0.2) is 8.42 Å². The van der Waals surface area contributed by atoms with E-state index in [4.69, 9.17) is 4.74 Å². The lowest BCUT2D eigenvalue weighted by Gasteiger charge is -2.17. The Hall–Kier alpha value is -2.38. The number of carbonyl (C=O) groups excluding carboxylic acids is 1. The van der Waals surface area contributed by atoms with Gasteiger partial charge in [0.15, 0.2) is 0 Å². The number of hydrogen-bond acceptors (Lipinski definition) is 4. The van der Waals surface area contributed by atoms with Gasteiger partial charge in [0.05, 0.1) is 12.0 Å². The molecule has 0 aliphatic carbocycles. The molecule has 0 aliphatic rings. The van der Waals surface area contributed by atoms with Gasteiger partial charge in [-0.1, -0.05) is 12.1 Å². The Kier molecular flexibility index (Phi) is 5.58. The molecule has 128 valence electrons. The van der Waals surface area contributed by atoms with E-state index in [1.54, 1.807) is 43.4 Å². The Morgan fingerprint density at radius 3 is 2.17 bits per heavy atom. The predicted molar refractivity (Wildman–Crippen MR) is 91.5 cm³/mol. The van der Waals surface area contributed by atoms with E-state index in [1.165, 1.54) is 30.6 Å². The summed E-state index contributed by atoms with van der Waals surface area (Å²) in [6.07, 6.45) is 0. The minimum Gasteiger partial charge on any atom is -0.497 e. The molecule has 1 amide bonds. The third-order valence-corrected chi connectivity index (χ3v) is 5.43. The van der Waals surface area contributed by atoms with Crippen molar-refractivity contribution >= 4 is 15.9 Å². The highest BCUT2D eigenvalue weighted by atomic mass is 32.2. The zero-order valence-electron chi connectivity index (χ0n) is 13.8. The third-order valence-electron chi connectivity index (χ3n) is 3.62. The van der Waals surface area contributed by atoms with E-state index in [9.17, 15) is 13.2 Å². The summed E-state index contributed by atoms with van der Waals surface area (Å²) in [5.74, 6) is 0.419. The average Bonchev–Trinajstić information content (AvgIpc) is 2.61. The highest BCUT2D eigenvalue weighted by Crippen LogP contribution is 2.20. The number of rotatable bonds is 6. The zero-order valence-corrected chi connectivity index (χ0v) is 14.6. The summed E-state index contributed by atoms with van der Waals surface area (Å²) in [7, 11) is 1.01. The molecule has 0 unspecified atom stereocenters. The molecule has 0 aliphatic heterocycles. The Bertz CT molecular complexity index is 799. The summed E-state index contributed by atoms with van der Waals surface area (Å²) < 4.78 is 31.5. The Balaban J connectivity index is 2.15. The molecule has 6 nitrogen and oxygen atoms in total. The highest BCUT2D eigenvalue weighted by molar-refractivity contribution is 7.89. The number of carbonyl (C=O) groups is 1. The second-order valence-electron chi connectivity index (χ2n) is 5.21. The predicted octanol–water partition coefficient (Wildman–Crippen LogP) is 1.88. The van der Waals surface area contributed by atoms with Gasteiger partial charge in [0.2, 0.25) is 10.0 Å². The van der Waals surface area contributed by atoms with Crippen LogP contribution in [0.5, 0.6) is 5.75 Å². The van der Waals surface area contributed by atoms with Gasteiger partial charge >= 0.3 is 0 Å². The first-order valence-corrected chi connectivity index (χ1v) is 8.74. The van der Waals surface area contributed by atoms with Crippen molar-refractivity contribution in [2.45, 2.75) is 11.4 Å². The summed E-state index contributed by atoms with van der Waals surface area (Å²) in [5.41, 5.74) is 1.32. The van der Waals surface area contributed by atoms with Gasteiger partial charge in [-0.2, -0.15) is 4.31 Å². The van der Waals surface area contributed by atoms with Gasteiger partial charge in [0.25, 0.3) is 5.91 Å². The molecule has 0 atom stereocenters. The molecule has 0 bridgehead atoms. The fourth-order valence-electron chi connectivity index (χ4n) is 2.18. The zero-order chi connectivity index (χ0) is 17.7. The Labute approximate surface area is 142 Å². The van der Waals surface area contributed by atoms with Gasteiger partial charge in [-0.15, -0.1) is 0 Å². The van der Waals surface area contributed by atoms with Crippen molar-refractivity contribution in [1.82, 2.24) is 9.62 Å². The molecular formula is C17H20N2O4S. The van der Waals surface area contributed by atoms with Crippen LogP contribution in [-0.4, -0.2) is 39.8 Å². The molecule has 2 aromatic carbocycles. The molecule has 0 aromatic heterocycles. The van der Waals surface area contributed by atoms with Gasteiger partial charge in [-0.3, -0.25) is 4.79 Å². The smallest absolute Gasteiger partial charge is 0.251 e. The van der Waals surface area contributed by atoms with Crippen molar-refractivity contribution in [3.63, 3.8) is 0 Å².